The Morgan fingerprint density at radius 2 is 1.89 bits per heavy atom. The molecule has 1 aliphatic heterocycles. The van der Waals surface area contributed by atoms with Crippen LogP contribution in [0, 0.1) is 0 Å². The number of rotatable bonds is 6. The summed E-state index contributed by atoms with van der Waals surface area (Å²) in [5, 5.41) is 3.28. The summed E-state index contributed by atoms with van der Waals surface area (Å²) < 4.78 is 0. The summed E-state index contributed by atoms with van der Waals surface area (Å²) in [5.41, 5.74) is 2.13. The van der Waals surface area contributed by atoms with E-state index in [0.717, 1.165) is 56.0 Å². The van der Waals surface area contributed by atoms with E-state index in [0.29, 0.717) is 12.0 Å². The van der Waals surface area contributed by atoms with Crippen LogP contribution < -0.4 is 10.2 Å². The number of fused-ring (bicyclic) bond motifs is 1. The Hall–Kier alpha value is -2.71. The Labute approximate surface area is 159 Å². The highest BCUT2D eigenvalue weighted by molar-refractivity contribution is 5.77. The molecule has 144 valence electrons. The minimum Gasteiger partial charge on any atom is -0.412 e. The van der Waals surface area contributed by atoms with Gasteiger partial charge in [0.05, 0.1) is 11.0 Å². The molecule has 1 saturated heterocycles. The maximum Gasteiger partial charge on any atom is 0.222 e. The van der Waals surface area contributed by atoms with E-state index < -0.39 is 0 Å². The van der Waals surface area contributed by atoms with Gasteiger partial charge < -0.3 is 25.6 Å². The zero-order chi connectivity index (χ0) is 17.8. The lowest BCUT2D eigenvalue weighted by Crippen LogP contribution is -2.45. The molecule has 2 aromatic heterocycles. The Morgan fingerprint density at radius 1 is 1.15 bits per heavy atom. The number of hydrogen-bond acceptors (Lipinski definition) is 6. The fraction of sp³-hybridized carbons (Fsp3) is 0.421. The molecule has 1 aliphatic rings. The molecule has 3 aromatic rings. The molecular formula is C19H27N7O. The van der Waals surface area contributed by atoms with Crippen molar-refractivity contribution in [3.8, 4) is 0 Å². The van der Waals surface area contributed by atoms with Gasteiger partial charge in [0.15, 0.2) is 0 Å². The summed E-state index contributed by atoms with van der Waals surface area (Å²) >= 11 is 0. The third kappa shape index (κ3) is 4.53. The molecule has 0 amide bonds. The summed E-state index contributed by atoms with van der Waals surface area (Å²) in [5.74, 6) is 1.67. The molecular weight excluding hydrogens is 342 g/mol. The van der Waals surface area contributed by atoms with Crippen molar-refractivity contribution in [1.82, 2.24) is 24.8 Å². The molecule has 0 bridgehead atoms. The third-order valence-electron chi connectivity index (χ3n) is 5.09. The largest absolute Gasteiger partial charge is 0.412 e. The second-order valence-electron chi connectivity index (χ2n) is 6.76. The van der Waals surface area contributed by atoms with Crippen LogP contribution in [-0.2, 0) is 0 Å². The standard InChI is InChI=1S/C19H25N7.H2O/c1-25(19-23-16-5-2-3-6-17(16)24-19)15-7-12-26(13-8-15)14-11-22-18-20-9-4-10-21-18;/h2-6,9-10,15H,7-8,11-14H2,1H3,(H,23,24)(H,20,21,22);1H2. The lowest BCUT2D eigenvalue weighted by atomic mass is 10.0. The molecule has 1 fully saturated rings. The van der Waals surface area contributed by atoms with E-state index in [1.165, 1.54) is 0 Å². The van der Waals surface area contributed by atoms with Crippen molar-refractivity contribution in [1.29, 1.82) is 0 Å². The minimum absolute atomic E-state index is 0. The highest BCUT2D eigenvalue weighted by Crippen LogP contribution is 2.22. The fourth-order valence-corrected chi connectivity index (χ4v) is 3.53. The van der Waals surface area contributed by atoms with E-state index in [4.69, 9.17) is 4.98 Å². The summed E-state index contributed by atoms with van der Waals surface area (Å²) in [4.78, 5) is 21.3. The highest BCUT2D eigenvalue weighted by Gasteiger charge is 2.24. The van der Waals surface area contributed by atoms with Crippen LogP contribution >= 0.6 is 0 Å². The Morgan fingerprint density at radius 3 is 2.63 bits per heavy atom. The Balaban J connectivity index is 0.00000210. The Bertz CT molecular complexity index is 797. The van der Waals surface area contributed by atoms with Crippen LogP contribution in [0.1, 0.15) is 12.8 Å². The predicted molar refractivity (Wildman–Crippen MR) is 108 cm³/mol. The van der Waals surface area contributed by atoms with Gasteiger partial charge in [-0.3, -0.25) is 0 Å². The molecule has 0 atom stereocenters. The number of benzene rings is 1. The maximum absolute atomic E-state index is 4.72. The van der Waals surface area contributed by atoms with Gasteiger partial charge in [0.2, 0.25) is 11.9 Å². The minimum atomic E-state index is 0. The van der Waals surface area contributed by atoms with Gasteiger partial charge in [-0.05, 0) is 31.0 Å². The maximum atomic E-state index is 4.72. The fourth-order valence-electron chi connectivity index (χ4n) is 3.53. The van der Waals surface area contributed by atoms with E-state index in [2.05, 4.69) is 49.2 Å². The number of piperidine rings is 1. The molecule has 0 unspecified atom stereocenters. The van der Waals surface area contributed by atoms with Crippen LogP contribution in [0.15, 0.2) is 42.7 Å². The lowest BCUT2D eigenvalue weighted by Gasteiger charge is -2.36. The number of nitrogens with zero attached hydrogens (tertiary/aromatic N) is 5. The van der Waals surface area contributed by atoms with Crippen LogP contribution in [0.25, 0.3) is 11.0 Å². The average Bonchev–Trinajstić information content (AvgIpc) is 3.13. The normalized spacial score (nSPS) is 15.4. The third-order valence-corrected chi connectivity index (χ3v) is 5.09. The van der Waals surface area contributed by atoms with E-state index in [1.807, 2.05) is 18.2 Å². The van der Waals surface area contributed by atoms with Crippen molar-refractivity contribution in [3.63, 3.8) is 0 Å². The first kappa shape index (κ1) is 19.1. The van der Waals surface area contributed by atoms with Gasteiger partial charge in [-0.1, -0.05) is 12.1 Å². The summed E-state index contributed by atoms with van der Waals surface area (Å²) in [6.45, 7) is 4.09. The van der Waals surface area contributed by atoms with Gasteiger partial charge in [0.1, 0.15) is 0 Å². The zero-order valence-electron chi connectivity index (χ0n) is 15.6. The summed E-state index contributed by atoms with van der Waals surface area (Å²) in [7, 11) is 2.15. The van der Waals surface area contributed by atoms with Gasteiger partial charge in [-0.2, -0.15) is 0 Å². The van der Waals surface area contributed by atoms with Crippen LogP contribution in [0.4, 0.5) is 11.9 Å². The van der Waals surface area contributed by atoms with Gasteiger partial charge in [0.25, 0.3) is 0 Å². The van der Waals surface area contributed by atoms with Gasteiger partial charge in [0, 0.05) is 51.7 Å². The highest BCUT2D eigenvalue weighted by atomic mass is 16.0. The summed E-state index contributed by atoms with van der Waals surface area (Å²) in [6.07, 6.45) is 5.81. The van der Waals surface area contributed by atoms with E-state index in [-0.39, 0.29) is 5.48 Å². The number of para-hydroxylation sites is 2. The van der Waals surface area contributed by atoms with Gasteiger partial charge in [-0.25, -0.2) is 15.0 Å². The molecule has 3 heterocycles. The van der Waals surface area contributed by atoms with E-state index in [9.17, 15) is 0 Å². The van der Waals surface area contributed by atoms with Crippen LogP contribution in [0.5, 0.6) is 0 Å². The predicted octanol–water partition coefficient (Wildman–Crippen LogP) is 1.54. The second-order valence-corrected chi connectivity index (χ2v) is 6.76. The van der Waals surface area contributed by atoms with Crippen molar-refractivity contribution in [2.45, 2.75) is 18.9 Å². The number of imidazole rings is 1. The van der Waals surface area contributed by atoms with E-state index in [1.54, 1.807) is 12.4 Å². The molecule has 4 N–H and O–H groups in total. The number of aromatic nitrogens is 4. The van der Waals surface area contributed by atoms with Gasteiger partial charge in [-0.15, -0.1) is 0 Å². The monoisotopic (exact) mass is 369 g/mol. The molecule has 4 rings (SSSR count). The van der Waals surface area contributed by atoms with Crippen LogP contribution in [0.3, 0.4) is 0 Å². The van der Waals surface area contributed by atoms with E-state index >= 15 is 0 Å². The molecule has 8 nitrogen and oxygen atoms in total. The number of aromatic amines is 1. The van der Waals surface area contributed by atoms with Crippen LogP contribution in [-0.4, -0.2) is 69.6 Å². The molecule has 0 aliphatic carbocycles. The van der Waals surface area contributed by atoms with Crippen molar-refractivity contribution in [2.24, 2.45) is 0 Å². The smallest absolute Gasteiger partial charge is 0.222 e. The number of hydrogen-bond donors (Lipinski definition) is 2. The lowest BCUT2D eigenvalue weighted by molar-refractivity contribution is 0.217. The van der Waals surface area contributed by atoms with Crippen molar-refractivity contribution in [3.05, 3.63) is 42.7 Å². The zero-order valence-corrected chi connectivity index (χ0v) is 15.6. The SMILES string of the molecule is CN(c1nc2ccccc2[nH]1)C1CCN(CCNc2ncccn2)CC1.O. The van der Waals surface area contributed by atoms with Crippen LogP contribution in [0.2, 0.25) is 0 Å². The molecule has 0 spiro atoms. The van der Waals surface area contributed by atoms with Gasteiger partial charge >= 0.3 is 0 Å². The first-order valence-electron chi connectivity index (χ1n) is 9.20. The topological polar surface area (TPSA) is 104 Å². The average molecular weight is 369 g/mol. The molecule has 0 radical (unpaired) electrons. The molecule has 8 heteroatoms. The first-order valence-corrected chi connectivity index (χ1v) is 9.20. The number of nitrogens with one attached hydrogen (secondary N) is 2. The number of anilines is 2. The number of likely N-dealkylation sites (tertiary alicyclic amines) is 1. The van der Waals surface area contributed by atoms with Crippen molar-refractivity contribution in [2.75, 3.05) is 43.4 Å². The molecule has 27 heavy (non-hydrogen) atoms. The quantitative estimate of drug-likeness (QED) is 0.683. The second kappa shape index (κ2) is 8.79. The van der Waals surface area contributed by atoms with Crippen molar-refractivity contribution < 1.29 is 5.48 Å². The molecule has 0 saturated carbocycles. The number of H-pyrrole nitrogens is 1. The Kier molecular flexibility index (Phi) is 6.20. The molecule has 1 aromatic carbocycles. The van der Waals surface area contributed by atoms with Crippen molar-refractivity contribution >= 4 is 22.9 Å². The summed E-state index contributed by atoms with van der Waals surface area (Å²) in [6, 6.07) is 10.5. The first-order chi connectivity index (χ1) is 12.8.